The Balaban J connectivity index is 1.65. The summed E-state index contributed by atoms with van der Waals surface area (Å²) in [5.74, 6) is -0.627. The van der Waals surface area contributed by atoms with Gasteiger partial charge in [0.1, 0.15) is 5.75 Å². The average molecular weight is 400 g/mol. The van der Waals surface area contributed by atoms with Gasteiger partial charge in [-0.25, -0.2) is 4.79 Å². The van der Waals surface area contributed by atoms with Crippen LogP contribution in [0.4, 0.5) is 5.69 Å². The Bertz CT molecular complexity index is 765. The molecule has 0 saturated carbocycles. The molecule has 7 heteroatoms. The molecule has 156 valence electrons. The molecule has 2 N–H and O–H groups in total. The number of carboxylic acids is 1. The number of carbonyl (C=O) groups excluding carboxylic acids is 1. The van der Waals surface area contributed by atoms with Gasteiger partial charge in [0.05, 0.1) is 0 Å². The highest BCUT2D eigenvalue weighted by Crippen LogP contribution is 2.14. The second-order valence-electron chi connectivity index (χ2n) is 6.66. The van der Waals surface area contributed by atoms with Crippen LogP contribution >= 0.6 is 0 Å². The van der Waals surface area contributed by atoms with Gasteiger partial charge in [0.15, 0.2) is 12.7 Å². The zero-order valence-corrected chi connectivity index (χ0v) is 16.8. The number of nitrogens with zero attached hydrogens (tertiary/aromatic N) is 1. The van der Waals surface area contributed by atoms with Gasteiger partial charge < -0.3 is 24.8 Å². The minimum absolute atomic E-state index is 0.0658. The van der Waals surface area contributed by atoms with E-state index in [4.69, 9.17) is 14.6 Å². The highest BCUT2D eigenvalue weighted by Gasteiger charge is 2.16. The molecule has 0 fully saturated rings. The maximum absolute atomic E-state index is 11.9. The molecule has 0 unspecified atom stereocenters. The summed E-state index contributed by atoms with van der Waals surface area (Å²) in [7, 11) is 3.39. The fourth-order valence-electron chi connectivity index (χ4n) is 2.76. The third-order valence-electron chi connectivity index (χ3n) is 4.46. The molecule has 0 spiro atoms. The summed E-state index contributed by atoms with van der Waals surface area (Å²) in [5, 5.41) is 11.9. The number of benzene rings is 2. The molecule has 2 aromatic carbocycles. The van der Waals surface area contributed by atoms with Crippen LogP contribution in [0.5, 0.6) is 5.75 Å². The molecule has 0 saturated heterocycles. The lowest BCUT2D eigenvalue weighted by molar-refractivity contribution is -0.148. The maximum Gasteiger partial charge on any atom is 0.333 e. The Kier molecular flexibility index (Phi) is 8.98. The molecule has 0 aliphatic heterocycles. The number of aliphatic carboxylic acids is 1. The number of nitrogens with one attached hydrogen (secondary N) is 1. The summed E-state index contributed by atoms with van der Waals surface area (Å²) >= 11 is 0. The average Bonchev–Trinajstić information content (AvgIpc) is 2.74. The molecule has 0 aliphatic rings. The van der Waals surface area contributed by atoms with Gasteiger partial charge in [-0.05, 0) is 36.2 Å². The van der Waals surface area contributed by atoms with Crippen molar-refractivity contribution >= 4 is 17.6 Å². The van der Waals surface area contributed by atoms with Gasteiger partial charge >= 0.3 is 5.97 Å². The van der Waals surface area contributed by atoms with Crippen molar-refractivity contribution in [1.29, 1.82) is 0 Å². The second-order valence-corrected chi connectivity index (χ2v) is 6.66. The number of amides is 1. The van der Waals surface area contributed by atoms with E-state index in [1.165, 1.54) is 7.11 Å². The summed E-state index contributed by atoms with van der Waals surface area (Å²) in [5.41, 5.74) is 1.96. The highest BCUT2D eigenvalue weighted by atomic mass is 16.5. The fraction of sp³-hybridized carbons (Fsp3) is 0.364. The van der Waals surface area contributed by atoms with Crippen LogP contribution in [0.3, 0.4) is 0 Å². The summed E-state index contributed by atoms with van der Waals surface area (Å²) in [4.78, 5) is 25.1. The summed E-state index contributed by atoms with van der Waals surface area (Å²) in [6.45, 7) is 1.35. The van der Waals surface area contributed by atoms with E-state index in [2.05, 4.69) is 22.3 Å². The van der Waals surface area contributed by atoms with Crippen molar-refractivity contribution in [2.45, 2.75) is 18.9 Å². The highest BCUT2D eigenvalue weighted by molar-refractivity contribution is 5.77. The zero-order chi connectivity index (χ0) is 21.1. The van der Waals surface area contributed by atoms with Crippen LogP contribution in [0.2, 0.25) is 0 Å². The predicted molar refractivity (Wildman–Crippen MR) is 111 cm³/mol. The number of ether oxygens (including phenoxy) is 2. The van der Waals surface area contributed by atoms with E-state index in [-0.39, 0.29) is 18.9 Å². The van der Waals surface area contributed by atoms with Gasteiger partial charge in [0.2, 0.25) is 0 Å². The van der Waals surface area contributed by atoms with Crippen molar-refractivity contribution in [1.82, 2.24) is 5.32 Å². The summed E-state index contributed by atoms with van der Waals surface area (Å²) in [6, 6.07) is 17.0. The molecule has 7 nitrogen and oxygen atoms in total. The fourth-order valence-corrected chi connectivity index (χ4v) is 2.76. The number of carboxylic acid groups (broad SMARTS) is 1. The van der Waals surface area contributed by atoms with Gasteiger partial charge in [-0.3, -0.25) is 4.79 Å². The van der Waals surface area contributed by atoms with Gasteiger partial charge in [0.25, 0.3) is 5.91 Å². The molecule has 1 amide bonds. The first-order chi connectivity index (χ1) is 14.0. The molecule has 0 aromatic heterocycles. The molecule has 0 heterocycles. The van der Waals surface area contributed by atoms with Crippen LogP contribution < -0.4 is 15.0 Å². The van der Waals surface area contributed by atoms with Crippen LogP contribution in [-0.4, -0.2) is 56.9 Å². The van der Waals surface area contributed by atoms with Gasteiger partial charge in [-0.1, -0.05) is 30.3 Å². The van der Waals surface area contributed by atoms with Crippen molar-refractivity contribution in [3.8, 4) is 5.75 Å². The first-order valence-corrected chi connectivity index (χ1v) is 9.50. The monoisotopic (exact) mass is 400 g/mol. The van der Waals surface area contributed by atoms with E-state index >= 15 is 0 Å². The lowest BCUT2D eigenvalue weighted by atomic mass is 10.1. The van der Waals surface area contributed by atoms with Crippen molar-refractivity contribution in [2.75, 3.05) is 38.8 Å². The predicted octanol–water partition coefficient (Wildman–Crippen LogP) is 2.35. The minimum atomic E-state index is -1.00. The van der Waals surface area contributed by atoms with Crippen molar-refractivity contribution in [3.05, 3.63) is 60.2 Å². The van der Waals surface area contributed by atoms with Gasteiger partial charge in [0, 0.05) is 39.4 Å². The standard InChI is InChI=1S/C22H28N2O5/c1-24(18-7-4-3-5-8-18)14-6-13-23-21(25)16-29-19-11-9-17(10-12-19)15-20(28-2)22(26)27/h3-5,7-12,20H,6,13-16H2,1-2H3,(H,23,25)(H,26,27)/t20-/m0/s1. The molecule has 2 rings (SSSR count). The zero-order valence-electron chi connectivity index (χ0n) is 16.8. The number of para-hydroxylation sites is 1. The topological polar surface area (TPSA) is 88.1 Å². The van der Waals surface area contributed by atoms with Crippen molar-refractivity contribution in [2.24, 2.45) is 0 Å². The molecule has 29 heavy (non-hydrogen) atoms. The largest absolute Gasteiger partial charge is 0.484 e. The Morgan fingerprint density at radius 1 is 1.10 bits per heavy atom. The van der Waals surface area contributed by atoms with Gasteiger partial charge in [-0.2, -0.15) is 0 Å². The number of hydrogen-bond acceptors (Lipinski definition) is 5. The van der Waals surface area contributed by atoms with E-state index in [1.807, 2.05) is 25.2 Å². The van der Waals surface area contributed by atoms with E-state index in [0.717, 1.165) is 24.2 Å². The van der Waals surface area contributed by atoms with E-state index < -0.39 is 12.1 Å². The van der Waals surface area contributed by atoms with Crippen molar-refractivity contribution in [3.63, 3.8) is 0 Å². The first-order valence-electron chi connectivity index (χ1n) is 9.50. The summed E-state index contributed by atoms with van der Waals surface area (Å²) in [6.07, 6.45) is 0.216. The smallest absolute Gasteiger partial charge is 0.333 e. The normalized spacial score (nSPS) is 11.5. The van der Waals surface area contributed by atoms with Crippen LogP contribution in [0.15, 0.2) is 54.6 Å². The lowest BCUT2D eigenvalue weighted by Gasteiger charge is -2.19. The molecule has 0 aliphatic carbocycles. The quantitative estimate of drug-likeness (QED) is 0.532. The van der Waals surface area contributed by atoms with Crippen molar-refractivity contribution < 1.29 is 24.2 Å². The first kappa shape index (κ1) is 22.2. The third-order valence-corrected chi connectivity index (χ3v) is 4.46. The molecular formula is C22H28N2O5. The third kappa shape index (κ3) is 7.83. The Hall–Kier alpha value is -3.06. The number of rotatable bonds is 12. The molecule has 2 aromatic rings. The number of carbonyl (C=O) groups is 2. The van der Waals surface area contributed by atoms with Crippen LogP contribution in [0.1, 0.15) is 12.0 Å². The second kappa shape index (κ2) is 11.7. The molecule has 1 atom stereocenters. The number of anilines is 1. The maximum atomic E-state index is 11.9. The van der Waals surface area contributed by atoms with E-state index in [0.29, 0.717) is 12.3 Å². The van der Waals surface area contributed by atoms with Crippen LogP contribution in [0, 0.1) is 0 Å². The minimum Gasteiger partial charge on any atom is -0.484 e. The Morgan fingerprint density at radius 3 is 2.41 bits per heavy atom. The lowest BCUT2D eigenvalue weighted by Crippen LogP contribution is -2.31. The molecular weight excluding hydrogens is 372 g/mol. The SMILES string of the molecule is CO[C@@H](Cc1ccc(OCC(=O)NCCCN(C)c2ccccc2)cc1)C(=O)O. The van der Waals surface area contributed by atoms with E-state index in [1.54, 1.807) is 24.3 Å². The number of hydrogen-bond donors (Lipinski definition) is 2. The van der Waals surface area contributed by atoms with Gasteiger partial charge in [-0.15, -0.1) is 0 Å². The Morgan fingerprint density at radius 2 is 1.79 bits per heavy atom. The molecule has 0 bridgehead atoms. The van der Waals surface area contributed by atoms with Crippen LogP contribution in [0.25, 0.3) is 0 Å². The molecule has 0 radical (unpaired) electrons. The summed E-state index contributed by atoms with van der Waals surface area (Å²) < 4.78 is 10.4. The number of methoxy groups -OCH3 is 1. The van der Waals surface area contributed by atoms with Crippen LogP contribution in [-0.2, 0) is 20.7 Å². The Labute approximate surface area is 171 Å². The van der Waals surface area contributed by atoms with E-state index in [9.17, 15) is 9.59 Å².